The fourth-order valence-electron chi connectivity index (χ4n) is 2.97. The van der Waals surface area contributed by atoms with E-state index >= 15 is 0 Å². The van der Waals surface area contributed by atoms with Gasteiger partial charge in [-0.05, 0) is 23.3 Å². The third-order valence-electron chi connectivity index (χ3n) is 4.03. The van der Waals surface area contributed by atoms with Gasteiger partial charge in [-0.2, -0.15) is 0 Å². The lowest BCUT2D eigenvalue weighted by Crippen LogP contribution is -2.40. The second kappa shape index (κ2) is 7.02. The van der Waals surface area contributed by atoms with Crippen LogP contribution in [-0.4, -0.2) is 19.6 Å². The molecule has 1 unspecified atom stereocenters. The van der Waals surface area contributed by atoms with E-state index in [0.717, 1.165) is 29.0 Å². The molecule has 0 fully saturated rings. The number of methoxy groups -OCH3 is 1. The molecule has 23 heavy (non-hydrogen) atoms. The van der Waals surface area contributed by atoms with Gasteiger partial charge in [0, 0.05) is 23.7 Å². The molecule has 5 heteroatoms. The Labute approximate surface area is 140 Å². The lowest BCUT2D eigenvalue weighted by Gasteiger charge is -2.28. The molecule has 0 aliphatic carbocycles. The van der Waals surface area contributed by atoms with Gasteiger partial charge < -0.3 is 15.4 Å². The van der Waals surface area contributed by atoms with Gasteiger partial charge >= 0.3 is 0 Å². The average molecular weight is 331 g/mol. The molecular formula is C18H19ClN2O2. The van der Waals surface area contributed by atoms with Crippen LogP contribution in [0.25, 0.3) is 0 Å². The number of carbonyl (C=O) groups excluding carboxylic acids is 1. The van der Waals surface area contributed by atoms with Crippen LogP contribution in [0, 0.1) is 0 Å². The van der Waals surface area contributed by atoms with Crippen molar-refractivity contribution in [1.29, 1.82) is 0 Å². The zero-order valence-corrected chi connectivity index (χ0v) is 13.7. The molecule has 120 valence electrons. The molecule has 0 saturated carbocycles. The molecule has 3 rings (SSSR count). The van der Waals surface area contributed by atoms with Crippen molar-refractivity contribution in [2.45, 2.75) is 19.0 Å². The van der Waals surface area contributed by atoms with Gasteiger partial charge in [-0.15, -0.1) is 0 Å². The molecule has 0 bridgehead atoms. The molecule has 1 amide bonds. The van der Waals surface area contributed by atoms with E-state index in [1.54, 1.807) is 7.11 Å². The average Bonchev–Trinajstić information content (AvgIpc) is 2.55. The molecule has 0 saturated heterocycles. The van der Waals surface area contributed by atoms with E-state index in [-0.39, 0.29) is 18.4 Å². The first-order valence-electron chi connectivity index (χ1n) is 7.58. The van der Waals surface area contributed by atoms with Crippen molar-refractivity contribution < 1.29 is 9.53 Å². The van der Waals surface area contributed by atoms with E-state index in [1.165, 1.54) is 0 Å². The Balaban J connectivity index is 1.75. The number of fused-ring (bicyclic) bond motifs is 1. The van der Waals surface area contributed by atoms with Crippen LogP contribution in [0.5, 0.6) is 5.75 Å². The van der Waals surface area contributed by atoms with Crippen molar-refractivity contribution in [1.82, 2.24) is 10.6 Å². The second-order valence-electron chi connectivity index (χ2n) is 5.55. The van der Waals surface area contributed by atoms with E-state index in [4.69, 9.17) is 16.3 Å². The van der Waals surface area contributed by atoms with Crippen molar-refractivity contribution in [2.24, 2.45) is 0 Å². The molecule has 4 nitrogen and oxygen atoms in total. The highest BCUT2D eigenvalue weighted by Crippen LogP contribution is 2.29. The Morgan fingerprint density at radius 3 is 2.96 bits per heavy atom. The first kappa shape index (κ1) is 15.8. The maximum Gasteiger partial charge on any atom is 0.225 e. The summed E-state index contributed by atoms with van der Waals surface area (Å²) in [6.07, 6.45) is 0.278. The first-order valence-corrected chi connectivity index (χ1v) is 7.96. The summed E-state index contributed by atoms with van der Waals surface area (Å²) in [6.45, 7) is 1.45. The van der Waals surface area contributed by atoms with E-state index in [0.29, 0.717) is 11.6 Å². The predicted octanol–water partition coefficient (Wildman–Crippen LogP) is 2.85. The van der Waals surface area contributed by atoms with Gasteiger partial charge in [0.05, 0.1) is 19.6 Å². The third kappa shape index (κ3) is 3.49. The van der Waals surface area contributed by atoms with Crippen LogP contribution < -0.4 is 15.4 Å². The highest BCUT2D eigenvalue weighted by atomic mass is 35.5. The Morgan fingerprint density at radius 1 is 1.30 bits per heavy atom. The van der Waals surface area contributed by atoms with E-state index < -0.39 is 0 Å². The number of amides is 1. The molecule has 0 radical (unpaired) electrons. The van der Waals surface area contributed by atoms with Crippen LogP contribution in [0.3, 0.4) is 0 Å². The smallest absolute Gasteiger partial charge is 0.225 e. The van der Waals surface area contributed by atoms with Gasteiger partial charge in [-0.25, -0.2) is 0 Å². The third-order valence-corrected chi connectivity index (χ3v) is 4.36. The number of hydrogen-bond acceptors (Lipinski definition) is 3. The minimum Gasteiger partial charge on any atom is -0.496 e. The van der Waals surface area contributed by atoms with Crippen LogP contribution >= 0.6 is 11.6 Å². The lowest BCUT2D eigenvalue weighted by atomic mass is 9.96. The minimum absolute atomic E-state index is 0.0472. The Hall–Kier alpha value is -2.04. The minimum atomic E-state index is -0.116. The SMILES string of the molecule is COc1ccccc1CC(=O)NC1CNCc2cccc(Cl)c21. The van der Waals surface area contributed by atoms with Crippen molar-refractivity contribution in [3.63, 3.8) is 0 Å². The summed E-state index contributed by atoms with van der Waals surface area (Å²) in [7, 11) is 1.61. The summed E-state index contributed by atoms with van der Waals surface area (Å²) in [4.78, 5) is 12.4. The molecule has 1 aliphatic rings. The summed E-state index contributed by atoms with van der Waals surface area (Å²) < 4.78 is 5.30. The van der Waals surface area contributed by atoms with Crippen molar-refractivity contribution >= 4 is 17.5 Å². The van der Waals surface area contributed by atoms with Gasteiger partial charge in [0.2, 0.25) is 5.91 Å². The largest absolute Gasteiger partial charge is 0.496 e. The van der Waals surface area contributed by atoms with Gasteiger partial charge in [0.1, 0.15) is 5.75 Å². The summed E-state index contributed by atoms with van der Waals surface area (Å²) in [5, 5.41) is 7.09. The molecular weight excluding hydrogens is 312 g/mol. The van der Waals surface area contributed by atoms with Gasteiger partial charge in [0.15, 0.2) is 0 Å². The molecule has 1 aliphatic heterocycles. The van der Waals surface area contributed by atoms with Crippen LogP contribution in [-0.2, 0) is 17.8 Å². The molecule has 2 aromatic carbocycles. The van der Waals surface area contributed by atoms with Crippen molar-refractivity contribution in [2.75, 3.05) is 13.7 Å². The van der Waals surface area contributed by atoms with Gasteiger partial charge in [0.25, 0.3) is 0 Å². The topological polar surface area (TPSA) is 50.4 Å². The van der Waals surface area contributed by atoms with Gasteiger partial charge in [-0.3, -0.25) is 4.79 Å². The first-order chi connectivity index (χ1) is 11.2. The monoisotopic (exact) mass is 330 g/mol. The second-order valence-corrected chi connectivity index (χ2v) is 5.96. The van der Waals surface area contributed by atoms with E-state index in [1.807, 2.05) is 42.5 Å². The van der Waals surface area contributed by atoms with E-state index in [9.17, 15) is 4.79 Å². The standard InChI is InChI=1S/C18H19ClN2O2/c1-23-16-8-3-2-5-12(16)9-17(22)21-15-11-20-10-13-6-4-7-14(19)18(13)15/h2-8,15,20H,9-11H2,1H3,(H,21,22). The number of ether oxygens (including phenoxy) is 1. The summed E-state index contributed by atoms with van der Waals surface area (Å²) in [5.74, 6) is 0.678. The summed E-state index contributed by atoms with van der Waals surface area (Å²) in [6, 6.07) is 13.3. The summed E-state index contributed by atoms with van der Waals surface area (Å²) in [5.41, 5.74) is 3.02. The number of para-hydroxylation sites is 1. The van der Waals surface area contributed by atoms with Crippen LogP contribution in [0.2, 0.25) is 5.02 Å². The quantitative estimate of drug-likeness (QED) is 0.906. The maximum atomic E-state index is 12.4. The fraction of sp³-hybridized carbons (Fsp3) is 0.278. The highest BCUT2D eigenvalue weighted by molar-refractivity contribution is 6.31. The van der Waals surface area contributed by atoms with E-state index in [2.05, 4.69) is 10.6 Å². The van der Waals surface area contributed by atoms with Crippen LogP contribution in [0.15, 0.2) is 42.5 Å². The van der Waals surface area contributed by atoms with Crippen molar-refractivity contribution in [3.8, 4) is 5.75 Å². The predicted molar refractivity (Wildman–Crippen MR) is 90.7 cm³/mol. The number of hydrogen-bond donors (Lipinski definition) is 2. The molecule has 0 spiro atoms. The molecule has 0 aromatic heterocycles. The van der Waals surface area contributed by atoms with Crippen LogP contribution in [0.1, 0.15) is 22.7 Å². The lowest BCUT2D eigenvalue weighted by molar-refractivity contribution is -0.121. The molecule has 2 N–H and O–H groups in total. The maximum absolute atomic E-state index is 12.4. The number of rotatable bonds is 4. The zero-order valence-electron chi connectivity index (χ0n) is 12.9. The highest BCUT2D eigenvalue weighted by Gasteiger charge is 2.24. The zero-order chi connectivity index (χ0) is 16.2. The number of carbonyl (C=O) groups is 1. The Bertz CT molecular complexity index is 718. The normalized spacial score (nSPS) is 16.5. The number of halogens is 1. The van der Waals surface area contributed by atoms with Gasteiger partial charge in [-0.1, -0.05) is 41.9 Å². The Kier molecular flexibility index (Phi) is 4.84. The molecule has 1 heterocycles. The molecule has 1 atom stereocenters. The number of nitrogens with one attached hydrogen (secondary N) is 2. The number of benzene rings is 2. The Morgan fingerprint density at radius 2 is 2.13 bits per heavy atom. The summed E-state index contributed by atoms with van der Waals surface area (Å²) >= 11 is 6.33. The van der Waals surface area contributed by atoms with Crippen molar-refractivity contribution in [3.05, 3.63) is 64.2 Å². The van der Waals surface area contributed by atoms with Crippen LogP contribution in [0.4, 0.5) is 0 Å². The fourth-order valence-corrected chi connectivity index (χ4v) is 3.30. The molecule has 2 aromatic rings.